The van der Waals surface area contributed by atoms with Gasteiger partial charge in [0.2, 0.25) is 5.88 Å². The summed E-state index contributed by atoms with van der Waals surface area (Å²) in [5.41, 5.74) is 6.61. The van der Waals surface area contributed by atoms with Crippen LogP contribution in [0.15, 0.2) is 6.33 Å². The van der Waals surface area contributed by atoms with Gasteiger partial charge in [-0.25, -0.2) is 9.97 Å². The zero-order valence-corrected chi connectivity index (χ0v) is 11.1. The number of methoxy groups -OCH3 is 1. The molecule has 0 spiro atoms. The lowest BCUT2D eigenvalue weighted by atomic mass is 10.2. The van der Waals surface area contributed by atoms with E-state index in [0.29, 0.717) is 18.3 Å². The zero-order valence-electron chi connectivity index (χ0n) is 11.1. The molecule has 0 atom stereocenters. The van der Waals surface area contributed by atoms with Crippen molar-refractivity contribution in [1.29, 1.82) is 0 Å². The second-order valence-electron chi connectivity index (χ2n) is 4.46. The van der Waals surface area contributed by atoms with E-state index in [9.17, 15) is 0 Å². The van der Waals surface area contributed by atoms with E-state index in [2.05, 4.69) is 28.7 Å². The molecule has 0 unspecified atom stereocenters. The van der Waals surface area contributed by atoms with Crippen molar-refractivity contribution in [3.05, 3.63) is 11.9 Å². The third kappa shape index (κ3) is 3.56. The van der Waals surface area contributed by atoms with Gasteiger partial charge >= 0.3 is 0 Å². The van der Waals surface area contributed by atoms with Crippen molar-refractivity contribution in [2.24, 2.45) is 11.7 Å². The van der Waals surface area contributed by atoms with Crippen LogP contribution in [0.25, 0.3) is 0 Å². The lowest BCUT2D eigenvalue weighted by Gasteiger charge is -2.26. The Morgan fingerprint density at radius 2 is 2.12 bits per heavy atom. The molecule has 0 bridgehead atoms. The van der Waals surface area contributed by atoms with Crippen LogP contribution < -0.4 is 15.4 Å². The molecule has 96 valence electrons. The Kier molecular flexibility index (Phi) is 5.15. The first-order valence-electron chi connectivity index (χ1n) is 5.90. The van der Waals surface area contributed by atoms with Crippen LogP contribution in [0.1, 0.15) is 19.4 Å². The van der Waals surface area contributed by atoms with Gasteiger partial charge < -0.3 is 15.4 Å². The lowest BCUT2D eigenvalue weighted by molar-refractivity contribution is 0.393. The van der Waals surface area contributed by atoms with E-state index in [1.165, 1.54) is 6.33 Å². The number of nitrogens with zero attached hydrogens (tertiary/aromatic N) is 3. The summed E-state index contributed by atoms with van der Waals surface area (Å²) >= 11 is 0. The molecular formula is C12H22N4O. The first kappa shape index (κ1) is 13.7. The third-order valence-corrected chi connectivity index (χ3v) is 2.49. The monoisotopic (exact) mass is 238 g/mol. The normalized spacial score (nSPS) is 10.7. The van der Waals surface area contributed by atoms with E-state index in [1.54, 1.807) is 7.11 Å². The molecule has 0 saturated heterocycles. The van der Waals surface area contributed by atoms with Crippen LogP contribution in [0.5, 0.6) is 5.88 Å². The van der Waals surface area contributed by atoms with Crippen molar-refractivity contribution in [1.82, 2.24) is 9.97 Å². The minimum atomic E-state index is 0.557. The van der Waals surface area contributed by atoms with Gasteiger partial charge in [-0.3, -0.25) is 0 Å². The number of ether oxygens (including phenoxy) is 1. The first-order valence-corrected chi connectivity index (χ1v) is 5.90. The molecule has 5 heteroatoms. The number of nitrogens with two attached hydrogens (primary N) is 1. The predicted molar refractivity (Wildman–Crippen MR) is 69.4 cm³/mol. The second-order valence-corrected chi connectivity index (χ2v) is 4.46. The highest BCUT2D eigenvalue weighted by Crippen LogP contribution is 2.23. The predicted octanol–water partition coefficient (Wildman–Crippen LogP) is 1.21. The van der Waals surface area contributed by atoms with Gasteiger partial charge in [0.15, 0.2) is 0 Å². The van der Waals surface area contributed by atoms with E-state index in [1.807, 2.05) is 6.92 Å². The van der Waals surface area contributed by atoms with Gasteiger partial charge in [-0.2, -0.15) is 0 Å². The van der Waals surface area contributed by atoms with E-state index in [0.717, 1.165) is 24.5 Å². The van der Waals surface area contributed by atoms with Crippen LogP contribution in [0.3, 0.4) is 0 Å². The Labute approximate surface area is 103 Å². The number of aromatic nitrogens is 2. The fraction of sp³-hybridized carbons (Fsp3) is 0.667. The van der Waals surface area contributed by atoms with Gasteiger partial charge in [-0.05, 0) is 12.8 Å². The summed E-state index contributed by atoms with van der Waals surface area (Å²) in [7, 11) is 1.62. The summed E-state index contributed by atoms with van der Waals surface area (Å²) in [4.78, 5) is 10.6. The van der Waals surface area contributed by atoms with Gasteiger partial charge in [0.05, 0.1) is 12.7 Å². The smallest absolute Gasteiger partial charge is 0.221 e. The Morgan fingerprint density at radius 1 is 1.41 bits per heavy atom. The molecule has 1 heterocycles. The highest BCUT2D eigenvalue weighted by molar-refractivity contribution is 5.50. The molecule has 0 amide bonds. The maximum Gasteiger partial charge on any atom is 0.221 e. The minimum absolute atomic E-state index is 0.557. The van der Waals surface area contributed by atoms with Crippen LogP contribution in [0.4, 0.5) is 5.82 Å². The van der Waals surface area contributed by atoms with Crippen LogP contribution in [0.2, 0.25) is 0 Å². The number of anilines is 1. The van der Waals surface area contributed by atoms with E-state index < -0.39 is 0 Å². The second kappa shape index (κ2) is 6.39. The first-order chi connectivity index (χ1) is 8.10. The summed E-state index contributed by atoms with van der Waals surface area (Å²) < 4.78 is 5.21. The Hall–Kier alpha value is -1.36. The van der Waals surface area contributed by atoms with Crippen molar-refractivity contribution in [2.45, 2.75) is 20.8 Å². The molecule has 0 radical (unpaired) electrons. The molecule has 1 aromatic rings. The summed E-state index contributed by atoms with van der Waals surface area (Å²) in [6.45, 7) is 8.66. The van der Waals surface area contributed by atoms with Gasteiger partial charge in [0, 0.05) is 19.6 Å². The largest absolute Gasteiger partial charge is 0.481 e. The van der Waals surface area contributed by atoms with Gasteiger partial charge in [-0.15, -0.1) is 0 Å². The summed E-state index contributed by atoms with van der Waals surface area (Å²) in [6, 6.07) is 0. The maximum absolute atomic E-state index is 5.65. The fourth-order valence-electron chi connectivity index (χ4n) is 1.83. The zero-order chi connectivity index (χ0) is 12.8. The van der Waals surface area contributed by atoms with E-state index >= 15 is 0 Å². The van der Waals surface area contributed by atoms with Crippen molar-refractivity contribution >= 4 is 5.82 Å². The van der Waals surface area contributed by atoms with Crippen molar-refractivity contribution in [3.8, 4) is 5.88 Å². The SMILES string of the molecule is COc1ncnc(N(CCN)CC(C)C)c1C. The van der Waals surface area contributed by atoms with Crippen LogP contribution in [0, 0.1) is 12.8 Å². The Balaban J connectivity index is 3.00. The standard InChI is InChI=1S/C12H22N4O/c1-9(2)7-16(6-5-13)11-10(3)12(17-4)15-8-14-11/h8-9H,5-7,13H2,1-4H3. The number of hydrogen-bond donors (Lipinski definition) is 1. The van der Waals surface area contributed by atoms with Gasteiger partial charge in [-0.1, -0.05) is 13.8 Å². The van der Waals surface area contributed by atoms with Crippen molar-refractivity contribution in [3.63, 3.8) is 0 Å². The van der Waals surface area contributed by atoms with Crippen molar-refractivity contribution in [2.75, 3.05) is 31.6 Å². The molecule has 0 fully saturated rings. The number of rotatable bonds is 6. The quantitative estimate of drug-likeness (QED) is 0.807. The molecular weight excluding hydrogens is 216 g/mol. The van der Waals surface area contributed by atoms with Crippen LogP contribution in [-0.2, 0) is 0 Å². The molecule has 0 aliphatic rings. The summed E-state index contributed by atoms with van der Waals surface area (Å²) in [6.07, 6.45) is 1.53. The topological polar surface area (TPSA) is 64.3 Å². The lowest BCUT2D eigenvalue weighted by Crippen LogP contribution is -2.34. The molecule has 1 rings (SSSR count). The van der Waals surface area contributed by atoms with Crippen LogP contribution >= 0.6 is 0 Å². The molecule has 2 N–H and O–H groups in total. The molecule has 0 aliphatic heterocycles. The van der Waals surface area contributed by atoms with Crippen LogP contribution in [-0.4, -0.2) is 36.7 Å². The highest BCUT2D eigenvalue weighted by atomic mass is 16.5. The van der Waals surface area contributed by atoms with Gasteiger partial charge in [0.25, 0.3) is 0 Å². The molecule has 0 saturated carbocycles. The maximum atomic E-state index is 5.65. The molecule has 1 aromatic heterocycles. The Morgan fingerprint density at radius 3 is 2.65 bits per heavy atom. The minimum Gasteiger partial charge on any atom is -0.481 e. The summed E-state index contributed by atoms with van der Waals surface area (Å²) in [5.74, 6) is 2.10. The van der Waals surface area contributed by atoms with Gasteiger partial charge in [0.1, 0.15) is 12.1 Å². The molecule has 0 aromatic carbocycles. The molecule has 0 aliphatic carbocycles. The average Bonchev–Trinajstić information content (AvgIpc) is 2.28. The Bertz CT molecular complexity index is 354. The third-order valence-electron chi connectivity index (χ3n) is 2.49. The van der Waals surface area contributed by atoms with Crippen molar-refractivity contribution < 1.29 is 4.74 Å². The molecule has 5 nitrogen and oxygen atoms in total. The fourth-order valence-corrected chi connectivity index (χ4v) is 1.83. The molecule has 17 heavy (non-hydrogen) atoms. The van der Waals surface area contributed by atoms with E-state index in [4.69, 9.17) is 10.5 Å². The summed E-state index contributed by atoms with van der Waals surface area (Å²) in [5, 5.41) is 0. The number of hydrogen-bond acceptors (Lipinski definition) is 5. The average molecular weight is 238 g/mol. The highest BCUT2D eigenvalue weighted by Gasteiger charge is 2.15. The van der Waals surface area contributed by atoms with E-state index in [-0.39, 0.29) is 0 Å².